The summed E-state index contributed by atoms with van der Waals surface area (Å²) in [7, 11) is -3.71. The number of ether oxygens (including phenoxy) is 1. The number of fused-ring (bicyclic) bond motifs is 1. The molecule has 5 rings (SSSR count). The Balaban J connectivity index is 1.47. The predicted octanol–water partition coefficient (Wildman–Crippen LogP) is 5.66. The Bertz CT molecular complexity index is 1520. The van der Waals surface area contributed by atoms with Gasteiger partial charge in [-0.15, -0.1) is 0 Å². The molecule has 1 aliphatic rings. The van der Waals surface area contributed by atoms with Crippen LogP contribution in [-0.2, 0) is 21.3 Å². The lowest BCUT2D eigenvalue weighted by atomic mass is 10.0. The van der Waals surface area contributed by atoms with Crippen molar-refractivity contribution in [2.75, 3.05) is 18.0 Å². The highest BCUT2D eigenvalue weighted by molar-refractivity contribution is 7.89. The van der Waals surface area contributed by atoms with E-state index in [4.69, 9.17) is 14.1 Å². The van der Waals surface area contributed by atoms with E-state index in [1.165, 1.54) is 27.8 Å². The number of sulfonamides is 1. The zero-order valence-corrected chi connectivity index (χ0v) is 23.5. The summed E-state index contributed by atoms with van der Waals surface area (Å²) in [6, 6.07) is 15.8. The average molecular weight is 554 g/mol. The van der Waals surface area contributed by atoms with Crippen molar-refractivity contribution in [3.63, 3.8) is 0 Å². The van der Waals surface area contributed by atoms with E-state index in [1.807, 2.05) is 32.0 Å². The van der Waals surface area contributed by atoms with Crippen molar-refractivity contribution in [3.05, 3.63) is 77.7 Å². The Morgan fingerprint density at radius 3 is 2.42 bits per heavy atom. The minimum atomic E-state index is -3.71. The highest BCUT2D eigenvalue weighted by Crippen LogP contribution is 2.35. The van der Waals surface area contributed by atoms with Crippen LogP contribution in [0.15, 0.2) is 70.2 Å². The number of hydrogen-bond donors (Lipinski definition) is 0. The molecular formula is C28H31N3O5S2. The minimum Gasteiger partial charge on any atom is -0.467 e. The monoisotopic (exact) mass is 553 g/mol. The Kier molecular flexibility index (Phi) is 7.41. The smallest absolute Gasteiger partial charge is 0.260 e. The molecule has 0 aliphatic carbocycles. The van der Waals surface area contributed by atoms with E-state index in [0.29, 0.717) is 29.5 Å². The minimum absolute atomic E-state index is 0.148. The predicted molar refractivity (Wildman–Crippen MR) is 148 cm³/mol. The molecule has 200 valence electrons. The molecule has 0 radical (unpaired) electrons. The van der Waals surface area contributed by atoms with Crippen molar-refractivity contribution >= 4 is 42.6 Å². The number of nitrogens with zero attached hydrogens (tertiary/aromatic N) is 3. The number of amides is 1. The first-order valence-electron chi connectivity index (χ1n) is 12.6. The summed E-state index contributed by atoms with van der Waals surface area (Å²) in [5.41, 5.74) is 2.37. The van der Waals surface area contributed by atoms with Crippen LogP contribution in [0.25, 0.3) is 10.2 Å². The Morgan fingerprint density at radius 1 is 1.08 bits per heavy atom. The summed E-state index contributed by atoms with van der Waals surface area (Å²) in [6.45, 7) is 8.74. The molecule has 10 heteroatoms. The van der Waals surface area contributed by atoms with E-state index in [0.717, 1.165) is 15.8 Å². The molecule has 0 spiro atoms. The fraction of sp³-hybridized carbons (Fsp3) is 0.357. The normalized spacial score (nSPS) is 18.8. The van der Waals surface area contributed by atoms with E-state index in [-0.39, 0.29) is 35.5 Å². The van der Waals surface area contributed by atoms with Crippen molar-refractivity contribution in [1.82, 2.24) is 9.29 Å². The number of rotatable bonds is 7. The maximum absolute atomic E-state index is 13.8. The SMILES string of the molecule is CC1CN(S(=O)(=O)c2ccc(C(=O)N(Cc3ccco3)c3nc4c(C(C)C)cccc4s3)cc2)CC(C)O1. The fourth-order valence-electron chi connectivity index (χ4n) is 4.73. The second-order valence-corrected chi connectivity index (χ2v) is 12.9. The summed E-state index contributed by atoms with van der Waals surface area (Å²) in [5.74, 6) is 0.621. The highest BCUT2D eigenvalue weighted by atomic mass is 32.2. The molecule has 1 saturated heterocycles. The van der Waals surface area contributed by atoms with Crippen LogP contribution < -0.4 is 4.90 Å². The number of benzene rings is 2. The lowest BCUT2D eigenvalue weighted by Crippen LogP contribution is -2.48. The lowest BCUT2D eigenvalue weighted by molar-refractivity contribution is -0.0440. The molecule has 2 atom stereocenters. The van der Waals surface area contributed by atoms with E-state index in [9.17, 15) is 13.2 Å². The Hall–Kier alpha value is -3.05. The standard InChI is InChI=1S/C28H31N3O5S2/c1-18(2)24-8-5-9-25-26(24)29-28(37-25)31(17-22-7-6-14-35-22)27(32)21-10-12-23(13-11-21)38(33,34)30-15-19(3)36-20(4)16-30/h5-14,18-20H,15-17H2,1-4H3. The van der Waals surface area contributed by atoms with Gasteiger partial charge in [-0.1, -0.05) is 37.3 Å². The second kappa shape index (κ2) is 10.6. The number of furan rings is 1. The van der Waals surface area contributed by atoms with Crippen molar-refractivity contribution in [3.8, 4) is 0 Å². The molecule has 2 aromatic heterocycles. The van der Waals surface area contributed by atoms with Crippen LogP contribution in [0.5, 0.6) is 0 Å². The first-order valence-corrected chi connectivity index (χ1v) is 14.9. The summed E-state index contributed by atoms with van der Waals surface area (Å²) >= 11 is 1.45. The first-order chi connectivity index (χ1) is 18.1. The second-order valence-electron chi connectivity index (χ2n) is 9.92. The van der Waals surface area contributed by atoms with Crippen molar-refractivity contribution in [2.24, 2.45) is 0 Å². The Morgan fingerprint density at radius 2 is 1.79 bits per heavy atom. The average Bonchev–Trinajstić information content (AvgIpc) is 3.56. The third-order valence-electron chi connectivity index (χ3n) is 6.56. The largest absolute Gasteiger partial charge is 0.467 e. The molecule has 38 heavy (non-hydrogen) atoms. The van der Waals surface area contributed by atoms with Gasteiger partial charge in [-0.3, -0.25) is 9.69 Å². The Labute approximate surface area is 226 Å². The van der Waals surface area contributed by atoms with Gasteiger partial charge in [0.2, 0.25) is 10.0 Å². The molecule has 1 aliphatic heterocycles. The summed E-state index contributed by atoms with van der Waals surface area (Å²) in [6.07, 6.45) is 1.20. The van der Waals surface area contributed by atoms with Crippen molar-refractivity contribution in [2.45, 2.75) is 57.3 Å². The molecule has 1 amide bonds. The molecule has 2 aromatic carbocycles. The van der Waals surface area contributed by atoms with Crippen LogP contribution in [-0.4, -0.2) is 48.9 Å². The van der Waals surface area contributed by atoms with Gasteiger partial charge in [0.25, 0.3) is 5.91 Å². The summed E-state index contributed by atoms with van der Waals surface area (Å²) in [5, 5.41) is 0.558. The highest BCUT2D eigenvalue weighted by Gasteiger charge is 2.32. The van der Waals surface area contributed by atoms with Gasteiger partial charge in [0.1, 0.15) is 5.76 Å². The van der Waals surface area contributed by atoms with Gasteiger partial charge in [0.15, 0.2) is 5.13 Å². The number of carbonyl (C=O) groups excluding carboxylic acids is 1. The zero-order valence-electron chi connectivity index (χ0n) is 21.8. The number of para-hydroxylation sites is 1. The van der Waals surface area contributed by atoms with E-state index < -0.39 is 10.0 Å². The molecule has 0 saturated carbocycles. The number of carbonyl (C=O) groups is 1. The van der Waals surface area contributed by atoms with Gasteiger partial charge in [0.05, 0.1) is 40.1 Å². The van der Waals surface area contributed by atoms with E-state index >= 15 is 0 Å². The van der Waals surface area contributed by atoms with Crippen LogP contribution in [0.2, 0.25) is 0 Å². The van der Waals surface area contributed by atoms with Crippen LogP contribution in [0, 0.1) is 0 Å². The fourth-order valence-corrected chi connectivity index (χ4v) is 7.31. The molecule has 1 fully saturated rings. The maximum atomic E-state index is 13.8. The van der Waals surface area contributed by atoms with Gasteiger partial charge in [0, 0.05) is 18.7 Å². The van der Waals surface area contributed by atoms with Gasteiger partial charge in [-0.05, 0) is 67.8 Å². The van der Waals surface area contributed by atoms with E-state index in [1.54, 1.807) is 29.4 Å². The van der Waals surface area contributed by atoms with Gasteiger partial charge in [-0.2, -0.15) is 4.31 Å². The quantitative estimate of drug-likeness (QED) is 0.293. The molecule has 8 nitrogen and oxygen atoms in total. The van der Waals surface area contributed by atoms with Crippen LogP contribution >= 0.6 is 11.3 Å². The molecular weight excluding hydrogens is 522 g/mol. The number of hydrogen-bond acceptors (Lipinski definition) is 7. The number of morpholine rings is 1. The summed E-state index contributed by atoms with van der Waals surface area (Å²) in [4.78, 5) is 20.4. The molecule has 3 heterocycles. The number of anilines is 1. The molecule has 0 bridgehead atoms. The third kappa shape index (κ3) is 5.26. The number of thiazole rings is 1. The van der Waals surface area contributed by atoms with Gasteiger partial charge < -0.3 is 9.15 Å². The van der Waals surface area contributed by atoms with Crippen LogP contribution in [0.4, 0.5) is 5.13 Å². The maximum Gasteiger partial charge on any atom is 0.260 e. The van der Waals surface area contributed by atoms with Crippen LogP contribution in [0.1, 0.15) is 55.3 Å². The molecule has 2 unspecified atom stereocenters. The van der Waals surface area contributed by atoms with Crippen molar-refractivity contribution in [1.29, 1.82) is 0 Å². The van der Waals surface area contributed by atoms with E-state index in [2.05, 4.69) is 19.9 Å². The third-order valence-corrected chi connectivity index (χ3v) is 9.45. The van der Waals surface area contributed by atoms with Crippen molar-refractivity contribution < 1.29 is 22.4 Å². The van der Waals surface area contributed by atoms with Gasteiger partial charge >= 0.3 is 0 Å². The molecule has 4 aromatic rings. The summed E-state index contributed by atoms with van der Waals surface area (Å²) < 4.78 is 40.2. The first kappa shape index (κ1) is 26.6. The van der Waals surface area contributed by atoms with Crippen LogP contribution in [0.3, 0.4) is 0 Å². The van der Waals surface area contributed by atoms with Gasteiger partial charge in [-0.25, -0.2) is 13.4 Å². The zero-order chi connectivity index (χ0) is 27.0. The lowest BCUT2D eigenvalue weighted by Gasteiger charge is -2.34. The number of aromatic nitrogens is 1. The topological polar surface area (TPSA) is 93.0 Å². The molecule has 0 N–H and O–H groups in total.